The van der Waals surface area contributed by atoms with Gasteiger partial charge in [0.15, 0.2) is 0 Å². The number of hydrogen-bond donors (Lipinski definition) is 0. The van der Waals surface area contributed by atoms with Gasteiger partial charge in [0.2, 0.25) is 0 Å². The molecule has 2 aromatic rings. The van der Waals surface area contributed by atoms with Crippen LogP contribution in [-0.4, -0.2) is 19.4 Å². The Hall–Kier alpha value is 0.0425. The van der Waals surface area contributed by atoms with E-state index in [9.17, 15) is 0 Å². The normalized spacial score (nSPS) is 9.67. The van der Waals surface area contributed by atoms with E-state index in [0.717, 1.165) is 0 Å². The van der Waals surface area contributed by atoms with Crippen LogP contribution < -0.4 is 23.0 Å². The zero-order valence-corrected chi connectivity index (χ0v) is 13.9. The van der Waals surface area contributed by atoms with Crippen molar-refractivity contribution in [1.29, 1.82) is 0 Å². The van der Waals surface area contributed by atoms with Crippen molar-refractivity contribution in [1.82, 2.24) is 0 Å². The van der Waals surface area contributed by atoms with E-state index in [4.69, 9.17) is 0 Å². The molecule has 92 valence electrons. The summed E-state index contributed by atoms with van der Waals surface area (Å²) in [5.74, 6) is 1.23. The van der Waals surface area contributed by atoms with Crippen LogP contribution in [-0.2, 0) is 0 Å². The maximum absolute atomic E-state index is 2.28. The van der Waals surface area contributed by atoms with Gasteiger partial charge in [-0.3, -0.25) is 0 Å². The van der Waals surface area contributed by atoms with Crippen LogP contribution in [0.4, 0.5) is 0 Å². The molecule has 0 aromatic heterocycles. The molecule has 18 heavy (non-hydrogen) atoms. The average Bonchev–Trinajstić information content (AvgIpc) is 2.42. The first-order chi connectivity index (χ1) is 8.42. The van der Waals surface area contributed by atoms with Crippen molar-refractivity contribution in [2.75, 3.05) is 5.75 Å². The standard InChI is InChI=1S/C12H10P.C2H6S.Al.ClH/c1-3-7-11(8-4-1)13-12-9-5-2-6-10-12;1-2-3;;/h1-10H;3H,2H2,1H3;;1H/q-1;;+3;/p-2. The second-order valence-corrected chi connectivity index (χ2v) is 11.6. The summed E-state index contributed by atoms with van der Waals surface area (Å²) < 4.78 is 0. The molecule has 0 unspecified atom stereocenters. The number of hydrogen-bond acceptors (Lipinski definition) is 1. The van der Waals surface area contributed by atoms with E-state index in [2.05, 4.69) is 77.7 Å². The Bertz CT molecular complexity index is 399. The number of benzene rings is 2. The Morgan fingerprint density at radius 2 is 1.33 bits per heavy atom. The summed E-state index contributed by atoms with van der Waals surface area (Å²) in [5, 5.41) is 3.04. The van der Waals surface area contributed by atoms with Crippen molar-refractivity contribution < 1.29 is 12.4 Å². The molecule has 2 aromatic carbocycles. The van der Waals surface area contributed by atoms with E-state index in [-0.39, 0.29) is 19.0 Å². The third-order valence-corrected chi connectivity index (χ3v) is 11.9. The van der Waals surface area contributed by atoms with Gasteiger partial charge in [0, 0.05) is 0 Å². The van der Waals surface area contributed by atoms with Gasteiger partial charge in [-0.15, -0.1) is 0 Å². The minimum absolute atomic E-state index is 0. The molecule has 0 aliphatic heterocycles. The van der Waals surface area contributed by atoms with Gasteiger partial charge in [-0.2, -0.15) is 0 Å². The van der Waals surface area contributed by atoms with Crippen LogP contribution >= 0.6 is 16.7 Å². The monoisotopic (exact) mass is 308 g/mol. The van der Waals surface area contributed by atoms with Crippen LogP contribution in [0.3, 0.4) is 0 Å². The summed E-state index contributed by atoms with van der Waals surface area (Å²) in [6, 6.07) is 21.9. The molecule has 0 fully saturated rings. The van der Waals surface area contributed by atoms with E-state index in [1.807, 2.05) is 0 Å². The van der Waals surface area contributed by atoms with Crippen LogP contribution in [0.5, 0.6) is 0 Å². The maximum Gasteiger partial charge on any atom is -1.00 e. The van der Waals surface area contributed by atoms with Crippen molar-refractivity contribution >= 4 is 40.9 Å². The van der Waals surface area contributed by atoms with Crippen LogP contribution in [0.2, 0.25) is 0 Å². The Balaban J connectivity index is 0.00000162. The Kier molecular flexibility index (Phi) is 8.07. The first-order valence-corrected chi connectivity index (χ1v) is 11.2. The van der Waals surface area contributed by atoms with Gasteiger partial charge >= 0.3 is 114 Å². The van der Waals surface area contributed by atoms with Crippen molar-refractivity contribution in [3.8, 4) is 0 Å². The molecule has 0 aliphatic rings. The Labute approximate surface area is 126 Å². The van der Waals surface area contributed by atoms with Gasteiger partial charge in [0.25, 0.3) is 0 Å². The molecule has 0 saturated carbocycles. The van der Waals surface area contributed by atoms with Crippen molar-refractivity contribution in [3.05, 3.63) is 60.7 Å². The molecule has 4 heteroatoms. The molecule has 0 N–H and O–H groups in total. The second kappa shape index (κ2) is 9.03. The molecule has 0 amide bonds. The molecule has 0 atom stereocenters. The summed E-state index contributed by atoms with van der Waals surface area (Å²) in [6.07, 6.45) is 0. The van der Waals surface area contributed by atoms with E-state index in [1.165, 1.54) is 16.4 Å². The Morgan fingerprint density at radius 1 is 0.889 bits per heavy atom. The number of halogens is 1. The topological polar surface area (TPSA) is 0 Å². The van der Waals surface area contributed by atoms with Gasteiger partial charge < -0.3 is 12.4 Å². The molecule has 0 heterocycles. The molecule has 0 nitrogen and oxygen atoms in total. The smallest absolute Gasteiger partial charge is 1.00 e. The molecule has 0 aliphatic carbocycles. The van der Waals surface area contributed by atoms with Crippen molar-refractivity contribution in [3.63, 3.8) is 0 Å². The van der Waals surface area contributed by atoms with Gasteiger partial charge in [-0.05, 0) is 0 Å². The van der Waals surface area contributed by atoms with E-state index < -0.39 is 0 Å². The zero-order valence-electron chi connectivity index (χ0n) is 10.3. The first-order valence-electron chi connectivity index (χ1n) is 5.76. The molecular formula is C14H15AlClPS. The van der Waals surface area contributed by atoms with Gasteiger partial charge in [-0.25, -0.2) is 0 Å². The minimum Gasteiger partial charge on any atom is -1.00 e. The van der Waals surface area contributed by atoms with E-state index >= 15 is 0 Å². The number of rotatable bonds is 5. The van der Waals surface area contributed by atoms with E-state index in [0.29, 0.717) is 13.6 Å². The average molecular weight is 309 g/mol. The fourth-order valence-electron chi connectivity index (χ4n) is 1.60. The van der Waals surface area contributed by atoms with Crippen LogP contribution in [0, 0.1) is 0 Å². The van der Waals surface area contributed by atoms with Gasteiger partial charge in [-0.1, -0.05) is 0 Å². The van der Waals surface area contributed by atoms with E-state index in [1.54, 1.807) is 0 Å². The second-order valence-electron chi connectivity index (χ2n) is 3.60. The largest absolute Gasteiger partial charge is 1.00 e. The van der Waals surface area contributed by atoms with Gasteiger partial charge in [0.05, 0.1) is 0 Å². The molecule has 0 radical (unpaired) electrons. The molecular weight excluding hydrogens is 294 g/mol. The third kappa shape index (κ3) is 4.62. The quantitative estimate of drug-likeness (QED) is 0.570. The van der Waals surface area contributed by atoms with Crippen LogP contribution in [0.25, 0.3) is 0 Å². The third-order valence-electron chi connectivity index (χ3n) is 2.42. The summed E-state index contributed by atoms with van der Waals surface area (Å²) >= 11 is 0.435. The predicted molar refractivity (Wildman–Crippen MR) is 83.0 cm³/mol. The maximum atomic E-state index is 2.28. The molecule has 0 saturated heterocycles. The minimum atomic E-state index is -0.110. The summed E-state index contributed by atoms with van der Waals surface area (Å²) in [4.78, 5) is 0. The SMILES string of the molecule is CC[S][Al+][P](c1ccccc1)c1ccccc1.[Cl-]. The fourth-order valence-corrected chi connectivity index (χ4v) is 11.0. The summed E-state index contributed by atoms with van der Waals surface area (Å²) in [7, 11) is 2.12. The fraction of sp³-hybridized carbons (Fsp3) is 0.143. The van der Waals surface area contributed by atoms with Crippen LogP contribution in [0.15, 0.2) is 60.7 Å². The molecule has 0 bridgehead atoms. The molecule has 2 rings (SSSR count). The molecule has 0 spiro atoms. The van der Waals surface area contributed by atoms with Crippen molar-refractivity contribution in [2.45, 2.75) is 6.92 Å². The summed E-state index contributed by atoms with van der Waals surface area (Å²) in [5.41, 5.74) is 0. The van der Waals surface area contributed by atoms with Crippen molar-refractivity contribution in [2.24, 2.45) is 0 Å². The zero-order chi connectivity index (χ0) is 11.9. The summed E-state index contributed by atoms with van der Waals surface area (Å²) in [6.45, 7) is 2.14. The Morgan fingerprint density at radius 3 is 1.72 bits per heavy atom. The van der Waals surface area contributed by atoms with Gasteiger partial charge in [0.1, 0.15) is 0 Å². The van der Waals surface area contributed by atoms with Crippen LogP contribution in [0.1, 0.15) is 6.92 Å². The first kappa shape index (κ1) is 16.1. The predicted octanol–water partition coefficient (Wildman–Crippen LogP) is 0.411.